The zero-order valence-corrected chi connectivity index (χ0v) is 3.52. The van der Waals surface area contributed by atoms with Gasteiger partial charge in [0.1, 0.15) is 0 Å². The SMILES string of the molecule is CCC(=O)N[O]. The Kier molecular flexibility index (Phi) is 2.40. The molecular formula is C3H6NO2. The molecule has 0 aliphatic rings. The van der Waals surface area contributed by atoms with E-state index in [9.17, 15) is 10.0 Å². The summed E-state index contributed by atoms with van der Waals surface area (Å²) in [5.41, 5.74) is 1.23. The highest BCUT2D eigenvalue weighted by Gasteiger charge is 1.87. The minimum absolute atomic E-state index is 0.267. The van der Waals surface area contributed by atoms with Crippen LogP contribution in [0.3, 0.4) is 0 Å². The zero-order chi connectivity index (χ0) is 4.99. The van der Waals surface area contributed by atoms with Gasteiger partial charge in [-0.3, -0.25) is 4.79 Å². The Morgan fingerprint density at radius 1 is 1.83 bits per heavy atom. The van der Waals surface area contributed by atoms with Crippen molar-refractivity contribution in [3.63, 3.8) is 0 Å². The minimum Gasteiger partial charge on any atom is -0.273 e. The molecule has 0 atom stereocenters. The van der Waals surface area contributed by atoms with E-state index in [2.05, 4.69) is 0 Å². The van der Waals surface area contributed by atoms with E-state index in [0.717, 1.165) is 0 Å². The molecule has 0 unspecified atom stereocenters. The van der Waals surface area contributed by atoms with Crippen LogP contribution in [0.2, 0.25) is 0 Å². The highest BCUT2D eigenvalue weighted by molar-refractivity contribution is 5.73. The lowest BCUT2D eigenvalue weighted by Crippen LogP contribution is -2.14. The van der Waals surface area contributed by atoms with E-state index in [1.807, 2.05) is 0 Å². The van der Waals surface area contributed by atoms with E-state index < -0.39 is 5.91 Å². The van der Waals surface area contributed by atoms with Gasteiger partial charge in [-0.05, 0) is 0 Å². The highest BCUT2D eigenvalue weighted by Crippen LogP contribution is 1.68. The second kappa shape index (κ2) is 2.66. The maximum absolute atomic E-state index is 9.76. The molecule has 0 spiro atoms. The van der Waals surface area contributed by atoms with Gasteiger partial charge in [-0.1, -0.05) is 12.1 Å². The fourth-order valence-electron chi connectivity index (χ4n) is 0.0722. The number of hydrogen-bond donors (Lipinski definition) is 1. The first-order valence-corrected chi connectivity index (χ1v) is 1.72. The van der Waals surface area contributed by atoms with Gasteiger partial charge in [0.2, 0.25) is 5.91 Å². The number of amides is 1. The van der Waals surface area contributed by atoms with Crippen molar-refractivity contribution in [1.29, 1.82) is 0 Å². The molecule has 0 aromatic heterocycles. The lowest BCUT2D eigenvalue weighted by atomic mass is 10.5. The normalized spacial score (nSPS) is 7.67. The molecule has 0 bridgehead atoms. The summed E-state index contributed by atoms with van der Waals surface area (Å²) in [6.45, 7) is 1.62. The van der Waals surface area contributed by atoms with Crippen molar-refractivity contribution >= 4 is 5.91 Å². The van der Waals surface area contributed by atoms with Gasteiger partial charge in [0.25, 0.3) is 0 Å². The van der Waals surface area contributed by atoms with Crippen LogP contribution in [0, 0.1) is 0 Å². The van der Waals surface area contributed by atoms with E-state index in [0.29, 0.717) is 0 Å². The van der Waals surface area contributed by atoms with Crippen LogP contribution in [0.15, 0.2) is 0 Å². The summed E-state index contributed by atoms with van der Waals surface area (Å²) >= 11 is 0. The largest absolute Gasteiger partial charge is 0.273 e. The van der Waals surface area contributed by atoms with Crippen molar-refractivity contribution in [3.8, 4) is 0 Å². The molecule has 1 N–H and O–H groups in total. The van der Waals surface area contributed by atoms with Crippen LogP contribution < -0.4 is 5.48 Å². The van der Waals surface area contributed by atoms with Crippen LogP contribution in [0.25, 0.3) is 0 Å². The highest BCUT2D eigenvalue weighted by atomic mass is 16.5. The topological polar surface area (TPSA) is 49.0 Å². The number of nitrogens with one attached hydrogen (secondary N) is 1. The molecule has 3 nitrogen and oxygen atoms in total. The molecule has 3 heteroatoms. The summed E-state index contributed by atoms with van der Waals surface area (Å²) in [4.78, 5) is 9.76. The van der Waals surface area contributed by atoms with Gasteiger partial charge in [-0.25, -0.2) is 5.48 Å². The number of hydroxylamine groups is 1. The Bertz CT molecular complexity index is 46.8. The van der Waals surface area contributed by atoms with Gasteiger partial charge in [0.05, 0.1) is 0 Å². The Morgan fingerprint density at radius 3 is 2.33 bits per heavy atom. The lowest BCUT2D eigenvalue weighted by molar-refractivity contribution is -0.132. The Balaban J connectivity index is 2.99. The smallest absolute Gasteiger partial charge is 0.245 e. The molecule has 0 rings (SSSR count). The quantitative estimate of drug-likeness (QED) is 0.445. The number of hydrogen-bond acceptors (Lipinski definition) is 1. The maximum atomic E-state index is 9.76. The average Bonchev–Trinajstić information content (AvgIpc) is 1.65. The molecule has 0 saturated heterocycles. The van der Waals surface area contributed by atoms with Gasteiger partial charge < -0.3 is 0 Å². The van der Waals surface area contributed by atoms with Crippen LogP contribution in [0.1, 0.15) is 13.3 Å². The number of carbonyl (C=O) groups excluding carboxylic acids is 1. The van der Waals surface area contributed by atoms with Crippen molar-refractivity contribution < 1.29 is 10.0 Å². The third-order valence-electron chi connectivity index (χ3n) is 0.435. The van der Waals surface area contributed by atoms with E-state index in [1.165, 1.54) is 5.48 Å². The van der Waals surface area contributed by atoms with Crippen molar-refractivity contribution in [2.45, 2.75) is 13.3 Å². The van der Waals surface area contributed by atoms with Crippen LogP contribution in [0.5, 0.6) is 0 Å². The fourth-order valence-corrected chi connectivity index (χ4v) is 0.0722. The van der Waals surface area contributed by atoms with Gasteiger partial charge in [-0.2, -0.15) is 0 Å². The lowest BCUT2D eigenvalue weighted by Gasteiger charge is -1.82. The molecule has 0 heterocycles. The Labute approximate surface area is 35.9 Å². The van der Waals surface area contributed by atoms with Crippen LogP contribution in [-0.4, -0.2) is 5.91 Å². The predicted molar refractivity (Wildman–Crippen MR) is 19.1 cm³/mol. The number of rotatable bonds is 1. The summed E-state index contributed by atoms with van der Waals surface area (Å²) in [7, 11) is 0. The molecule has 0 aromatic rings. The summed E-state index contributed by atoms with van der Waals surface area (Å²) in [6, 6.07) is 0. The van der Waals surface area contributed by atoms with Crippen molar-refractivity contribution in [2.24, 2.45) is 0 Å². The Hall–Kier alpha value is -0.570. The van der Waals surface area contributed by atoms with Crippen molar-refractivity contribution in [2.75, 3.05) is 0 Å². The molecule has 0 saturated carbocycles. The van der Waals surface area contributed by atoms with Crippen LogP contribution >= 0.6 is 0 Å². The second-order valence-corrected chi connectivity index (χ2v) is 0.879. The molecule has 1 amide bonds. The van der Waals surface area contributed by atoms with Crippen molar-refractivity contribution in [3.05, 3.63) is 0 Å². The average molecular weight is 88.1 g/mol. The number of carbonyl (C=O) groups is 1. The zero-order valence-electron chi connectivity index (χ0n) is 3.52. The van der Waals surface area contributed by atoms with Gasteiger partial charge in [0, 0.05) is 6.42 Å². The third-order valence-corrected chi connectivity index (χ3v) is 0.435. The molecule has 6 heavy (non-hydrogen) atoms. The van der Waals surface area contributed by atoms with Gasteiger partial charge in [-0.15, -0.1) is 0 Å². The monoisotopic (exact) mass is 88.0 g/mol. The molecule has 0 aliphatic heterocycles. The standard InChI is InChI=1S/C3H6NO2/c1-2-3(5)4-6/h2H2,1H3,(H,4,5). The predicted octanol–water partition coefficient (Wildman–Crippen LogP) is -0.142. The molecular weight excluding hydrogens is 82.0 g/mol. The summed E-state index contributed by atoms with van der Waals surface area (Å²) in [5, 5.41) is 9.26. The van der Waals surface area contributed by atoms with Crippen LogP contribution in [-0.2, 0) is 10.0 Å². The summed E-state index contributed by atoms with van der Waals surface area (Å²) in [5.74, 6) is -0.463. The maximum Gasteiger partial charge on any atom is 0.245 e. The van der Waals surface area contributed by atoms with E-state index in [-0.39, 0.29) is 6.42 Å². The van der Waals surface area contributed by atoms with E-state index in [1.54, 1.807) is 6.92 Å². The van der Waals surface area contributed by atoms with Crippen LogP contribution in [0.4, 0.5) is 0 Å². The fraction of sp³-hybridized carbons (Fsp3) is 0.667. The second-order valence-electron chi connectivity index (χ2n) is 0.879. The summed E-state index contributed by atoms with van der Waals surface area (Å²) in [6.07, 6.45) is 0.267. The third kappa shape index (κ3) is 1.72. The first-order chi connectivity index (χ1) is 2.81. The molecule has 1 radical (unpaired) electrons. The molecule has 0 aliphatic carbocycles. The summed E-state index contributed by atoms with van der Waals surface area (Å²) < 4.78 is 0. The van der Waals surface area contributed by atoms with E-state index >= 15 is 0 Å². The van der Waals surface area contributed by atoms with Crippen molar-refractivity contribution in [1.82, 2.24) is 5.48 Å². The first-order valence-electron chi connectivity index (χ1n) is 1.72. The minimum atomic E-state index is -0.463. The Morgan fingerprint density at radius 2 is 2.33 bits per heavy atom. The first kappa shape index (κ1) is 5.43. The molecule has 35 valence electrons. The molecule has 0 fully saturated rings. The van der Waals surface area contributed by atoms with E-state index in [4.69, 9.17) is 0 Å². The van der Waals surface area contributed by atoms with Gasteiger partial charge >= 0.3 is 0 Å². The molecule has 0 aromatic carbocycles. The van der Waals surface area contributed by atoms with Gasteiger partial charge in [0.15, 0.2) is 0 Å².